The van der Waals surface area contributed by atoms with Crippen LogP contribution in [0.15, 0.2) is 89.0 Å². The maximum atomic E-state index is 13.0. The molecule has 0 bridgehead atoms. The molecular weight excluding hydrogens is 793 g/mol. The lowest BCUT2D eigenvalue weighted by Gasteiger charge is -2.20. The van der Waals surface area contributed by atoms with E-state index < -0.39 is 42.9 Å². The molecule has 0 saturated carbocycles. The van der Waals surface area contributed by atoms with Crippen LogP contribution in [0.5, 0.6) is 11.5 Å². The van der Waals surface area contributed by atoms with Crippen LogP contribution in [0.4, 0.5) is 5.69 Å². The number of fused-ring (bicyclic) bond motifs is 1. The number of aliphatic carboxylic acids is 1. The fourth-order valence-corrected chi connectivity index (χ4v) is 6.17. The van der Waals surface area contributed by atoms with Crippen molar-refractivity contribution >= 4 is 40.2 Å². The molecule has 1 heterocycles. The van der Waals surface area contributed by atoms with Crippen LogP contribution in [-0.2, 0) is 28.5 Å². The third kappa shape index (κ3) is 15.3. The largest absolute Gasteiger partial charge is 0.508 e. The molecule has 4 aromatic rings. The number of nitrogens with one attached hydrogen (secondary N) is 4. The molecule has 61 heavy (non-hydrogen) atoms. The van der Waals surface area contributed by atoms with Crippen molar-refractivity contribution in [2.45, 2.75) is 18.6 Å². The average Bonchev–Trinajstić information content (AvgIpc) is 3.25. The number of aliphatic hydroxyl groups is 1. The molecule has 0 radical (unpaired) electrons. The van der Waals surface area contributed by atoms with E-state index in [1.807, 2.05) is 48.5 Å². The molecule has 19 heteroatoms. The number of phenols is 1. The van der Waals surface area contributed by atoms with Gasteiger partial charge in [-0.2, -0.15) is 0 Å². The number of carbonyl (C=O) groups excluding carboxylic acids is 2. The Labute approximate surface area is 351 Å². The summed E-state index contributed by atoms with van der Waals surface area (Å²) in [4.78, 5) is 44.6. The molecule has 19 nitrogen and oxygen atoms in total. The van der Waals surface area contributed by atoms with Crippen LogP contribution in [0, 0.1) is 0 Å². The molecule has 1 unspecified atom stereocenters. The number of hydrogen-bond donors (Lipinski definition) is 7. The molecule has 0 aliphatic carbocycles. The van der Waals surface area contributed by atoms with E-state index in [1.165, 1.54) is 18.2 Å². The van der Waals surface area contributed by atoms with Crippen molar-refractivity contribution in [3.05, 3.63) is 100 Å². The summed E-state index contributed by atoms with van der Waals surface area (Å²) in [7, 11) is 0. The number of azide groups is 1. The minimum absolute atomic E-state index is 0.0721. The lowest BCUT2D eigenvalue weighted by molar-refractivity contribution is -0.137. The third-order valence-corrected chi connectivity index (χ3v) is 9.04. The average molecular weight is 843 g/mol. The minimum atomic E-state index is -1.12. The van der Waals surface area contributed by atoms with E-state index in [0.29, 0.717) is 95.5 Å². The number of phenolic OH excluding ortho intramolecular Hbond substituents is 1. The number of carboxylic acid groups (broad SMARTS) is 1. The van der Waals surface area contributed by atoms with Gasteiger partial charge in [-0.1, -0.05) is 59.7 Å². The van der Waals surface area contributed by atoms with Gasteiger partial charge in [-0.25, -0.2) is 0 Å². The van der Waals surface area contributed by atoms with E-state index in [-0.39, 0.29) is 17.9 Å². The SMILES string of the molecule is [N-]=[N+]=NCCOCCOCCOCCOCCOc1ccc(-c2ccc([C@H](CC(=O)O)NC(=O)CNC(=O)c3cc(O)cc(NC4=NCC(O)CN4)c3)cc2)c2ccccc12. The number of ether oxygens (including phenoxy) is 5. The van der Waals surface area contributed by atoms with Gasteiger partial charge in [0.2, 0.25) is 5.91 Å². The standard InChI is InChI=1S/C42H50N8O11/c43-50-47-11-12-57-13-14-58-15-16-59-17-18-60-19-20-61-38-10-9-34(35-3-1-2-4-36(35)38)28-5-7-29(8-6-28)37(24-40(54)55)49-39(53)27-44-41(56)30-21-31(23-32(51)22-30)48-42-45-25-33(52)26-46-42/h1-10,21-23,33,37,51-52H,11-20,24-27H2,(H,44,56)(H,49,53)(H,54,55)(H2,45,46,48)/t37-/m0/s1. The lowest BCUT2D eigenvalue weighted by Crippen LogP contribution is -2.42. The first-order valence-corrected chi connectivity index (χ1v) is 19.6. The number of aliphatic hydroxyl groups excluding tert-OH is 1. The number of benzene rings is 4. The van der Waals surface area contributed by atoms with Crippen molar-refractivity contribution in [2.75, 3.05) is 91.0 Å². The number of aromatic hydroxyl groups is 1. The van der Waals surface area contributed by atoms with Crippen LogP contribution in [0.1, 0.15) is 28.4 Å². The van der Waals surface area contributed by atoms with E-state index in [4.69, 9.17) is 29.2 Å². The number of β-amino-alcohol motifs (C(OH)–C–C–N with tert-alkyl or cyclic N) is 1. The number of aliphatic imine (C=N–C) groups is 1. The summed E-state index contributed by atoms with van der Waals surface area (Å²) in [5.41, 5.74) is 11.0. The zero-order valence-electron chi connectivity index (χ0n) is 33.5. The number of rotatable bonds is 25. The van der Waals surface area contributed by atoms with Gasteiger partial charge in [0.25, 0.3) is 5.91 Å². The summed E-state index contributed by atoms with van der Waals surface area (Å²) < 4.78 is 27.9. The van der Waals surface area contributed by atoms with Crippen molar-refractivity contribution in [3.63, 3.8) is 0 Å². The van der Waals surface area contributed by atoms with Gasteiger partial charge < -0.3 is 60.3 Å². The second-order valence-corrected chi connectivity index (χ2v) is 13.5. The first-order valence-electron chi connectivity index (χ1n) is 19.6. The highest BCUT2D eigenvalue weighted by Crippen LogP contribution is 2.35. The maximum Gasteiger partial charge on any atom is 0.305 e. The molecule has 4 aromatic carbocycles. The van der Waals surface area contributed by atoms with Gasteiger partial charge in [-0.15, -0.1) is 0 Å². The molecule has 324 valence electrons. The van der Waals surface area contributed by atoms with Crippen LogP contribution in [0.3, 0.4) is 0 Å². The van der Waals surface area contributed by atoms with Crippen LogP contribution < -0.4 is 26.0 Å². The van der Waals surface area contributed by atoms with E-state index in [0.717, 1.165) is 21.9 Å². The number of guanidine groups is 1. The summed E-state index contributed by atoms with van der Waals surface area (Å²) in [6.45, 7) is 3.89. The van der Waals surface area contributed by atoms with Gasteiger partial charge in [-0.05, 0) is 45.8 Å². The van der Waals surface area contributed by atoms with E-state index >= 15 is 0 Å². The van der Waals surface area contributed by atoms with Crippen LogP contribution >= 0.6 is 0 Å². The first kappa shape index (κ1) is 45.6. The van der Waals surface area contributed by atoms with Gasteiger partial charge in [0.15, 0.2) is 5.96 Å². The topological polar surface area (TPSA) is 267 Å². The van der Waals surface area contributed by atoms with Crippen LogP contribution in [0.25, 0.3) is 32.3 Å². The Morgan fingerprint density at radius 3 is 2.20 bits per heavy atom. The normalized spacial score (nSPS) is 13.9. The molecule has 1 aliphatic heterocycles. The van der Waals surface area contributed by atoms with Crippen molar-refractivity contribution in [3.8, 4) is 22.6 Å². The van der Waals surface area contributed by atoms with Gasteiger partial charge in [0, 0.05) is 40.7 Å². The van der Waals surface area contributed by atoms with E-state index in [1.54, 1.807) is 12.1 Å². The highest BCUT2D eigenvalue weighted by Gasteiger charge is 2.20. The number of hydrogen-bond acceptors (Lipinski definition) is 14. The van der Waals surface area contributed by atoms with Crippen molar-refractivity contribution in [1.82, 2.24) is 16.0 Å². The predicted molar refractivity (Wildman–Crippen MR) is 226 cm³/mol. The van der Waals surface area contributed by atoms with Crippen LogP contribution in [0.2, 0.25) is 0 Å². The van der Waals surface area contributed by atoms with Crippen molar-refractivity contribution in [2.24, 2.45) is 10.1 Å². The fourth-order valence-electron chi connectivity index (χ4n) is 6.17. The maximum absolute atomic E-state index is 13.0. The number of amides is 2. The second-order valence-electron chi connectivity index (χ2n) is 13.5. The van der Waals surface area contributed by atoms with Crippen LogP contribution in [-0.4, -0.2) is 131 Å². The number of nitrogens with zero attached hydrogens (tertiary/aromatic N) is 4. The molecule has 0 spiro atoms. The van der Waals surface area contributed by atoms with Crippen molar-refractivity contribution < 1.29 is 53.4 Å². The van der Waals surface area contributed by atoms with Gasteiger partial charge in [-0.3, -0.25) is 19.4 Å². The molecule has 0 saturated heterocycles. The highest BCUT2D eigenvalue weighted by molar-refractivity contribution is 6.01. The number of carboxylic acids is 1. The Bertz CT molecular complexity index is 2150. The summed E-state index contributed by atoms with van der Waals surface area (Å²) in [5.74, 6) is -1.50. The molecule has 0 aromatic heterocycles. The van der Waals surface area contributed by atoms with E-state index in [2.05, 4.69) is 36.3 Å². The summed E-state index contributed by atoms with van der Waals surface area (Å²) in [5, 5.41) is 45.8. The monoisotopic (exact) mass is 842 g/mol. The Hall–Kier alpha value is -6.47. The lowest BCUT2D eigenvalue weighted by atomic mass is 9.95. The minimum Gasteiger partial charge on any atom is -0.508 e. The second kappa shape index (κ2) is 24.6. The van der Waals surface area contributed by atoms with Gasteiger partial charge in [0.05, 0.1) is 84.5 Å². The van der Waals surface area contributed by atoms with Gasteiger partial charge in [0.1, 0.15) is 18.1 Å². The van der Waals surface area contributed by atoms with Crippen molar-refractivity contribution in [1.29, 1.82) is 0 Å². The Kier molecular flexibility index (Phi) is 18.4. The van der Waals surface area contributed by atoms with Gasteiger partial charge >= 0.3 is 5.97 Å². The zero-order valence-corrected chi connectivity index (χ0v) is 33.5. The summed E-state index contributed by atoms with van der Waals surface area (Å²) in [6, 6.07) is 22.1. The predicted octanol–water partition coefficient (Wildman–Crippen LogP) is 3.76. The molecule has 7 N–H and O–H groups in total. The van der Waals surface area contributed by atoms with E-state index in [9.17, 15) is 29.7 Å². The summed E-state index contributed by atoms with van der Waals surface area (Å²) in [6.07, 6.45) is -1.00. The third-order valence-electron chi connectivity index (χ3n) is 9.04. The Morgan fingerprint density at radius 2 is 1.54 bits per heavy atom. The summed E-state index contributed by atoms with van der Waals surface area (Å²) >= 11 is 0. The number of carbonyl (C=O) groups is 3. The molecule has 2 amide bonds. The molecule has 0 fully saturated rings. The molecule has 2 atom stereocenters. The smallest absolute Gasteiger partial charge is 0.305 e. The Balaban J connectivity index is 1.08. The molecule has 5 rings (SSSR count). The highest BCUT2D eigenvalue weighted by atomic mass is 16.6. The first-order chi connectivity index (χ1) is 29.7. The Morgan fingerprint density at radius 1 is 0.869 bits per heavy atom. The molecular formula is C42H50N8O11. The molecule has 1 aliphatic rings. The zero-order chi connectivity index (χ0) is 43.2. The fraction of sp³-hybridized carbons (Fsp3) is 0.381. The quantitative estimate of drug-likeness (QED) is 0.0217. The number of anilines is 1.